The monoisotopic (exact) mass is 573 g/mol. The van der Waals surface area contributed by atoms with Crippen LogP contribution in [0.5, 0.6) is 0 Å². The number of ether oxygens (including phenoxy) is 1. The number of rotatable bonds is 10. The summed E-state index contributed by atoms with van der Waals surface area (Å²) in [7, 11) is 1.75. The molecule has 2 fully saturated rings. The van der Waals surface area contributed by atoms with Gasteiger partial charge in [-0.1, -0.05) is 30.3 Å². The highest BCUT2D eigenvalue weighted by Crippen LogP contribution is 2.36. The Morgan fingerprint density at radius 1 is 1.00 bits per heavy atom. The van der Waals surface area contributed by atoms with Crippen LogP contribution in [0.4, 0.5) is 5.69 Å². The van der Waals surface area contributed by atoms with Crippen LogP contribution in [0, 0.1) is 6.92 Å². The standard InChI is InChI=1S/C34H47N5O3/c1-25-31-9-4-5-10-32(31)39(16-7-21-42-3)34(25)28-8-6-15-38(24-28)33(41)23-29(35)22-27-11-13-30(14-12-27)37-19-17-36(18-20-37)26(2)40/h4-5,9-14,28-29H,6-8,15-24,35H2,1-3H3. The Bertz CT molecular complexity index is 1360. The van der Waals surface area contributed by atoms with E-state index in [1.54, 1.807) is 14.0 Å². The fraction of sp³-hybridized carbons (Fsp3) is 0.529. The summed E-state index contributed by atoms with van der Waals surface area (Å²) in [6.45, 7) is 10.3. The van der Waals surface area contributed by atoms with Crippen molar-refractivity contribution in [2.45, 2.75) is 64.5 Å². The molecule has 226 valence electrons. The average molecular weight is 574 g/mol. The fourth-order valence-electron chi connectivity index (χ4n) is 6.91. The lowest BCUT2D eigenvalue weighted by molar-refractivity contribution is -0.133. The summed E-state index contributed by atoms with van der Waals surface area (Å²) in [5, 5.41) is 1.31. The molecule has 0 bridgehead atoms. The van der Waals surface area contributed by atoms with Crippen molar-refractivity contribution < 1.29 is 14.3 Å². The number of amides is 2. The van der Waals surface area contributed by atoms with Crippen LogP contribution in [-0.2, 0) is 27.3 Å². The molecule has 2 amide bonds. The summed E-state index contributed by atoms with van der Waals surface area (Å²) in [5.41, 5.74) is 12.8. The molecule has 1 aromatic heterocycles. The largest absolute Gasteiger partial charge is 0.385 e. The first kappa shape index (κ1) is 30.1. The number of anilines is 1. The molecule has 2 aromatic carbocycles. The van der Waals surface area contributed by atoms with E-state index in [0.717, 1.165) is 77.2 Å². The number of hydrogen-bond donors (Lipinski definition) is 1. The van der Waals surface area contributed by atoms with Crippen LogP contribution in [0.2, 0.25) is 0 Å². The minimum atomic E-state index is -0.218. The number of aromatic nitrogens is 1. The van der Waals surface area contributed by atoms with Gasteiger partial charge in [0.1, 0.15) is 0 Å². The Hall–Kier alpha value is -3.36. The topological polar surface area (TPSA) is 84.0 Å². The lowest BCUT2D eigenvalue weighted by atomic mass is 9.91. The highest BCUT2D eigenvalue weighted by atomic mass is 16.5. The summed E-state index contributed by atoms with van der Waals surface area (Å²) >= 11 is 0. The molecule has 2 N–H and O–H groups in total. The number of hydrogen-bond acceptors (Lipinski definition) is 5. The normalized spacial score (nSPS) is 18.5. The Balaban J connectivity index is 1.19. The molecule has 2 unspecified atom stereocenters. The fourth-order valence-corrected chi connectivity index (χ4v) is 6.91. The number of aryl methyl sites for hydroxylation is 2. The predicted molar refractivity (Wildman–Crippen MR) is 169 cm³/mol. The minimum Gasteiger partial charge on any atom is -0.385 e. The van der Waals surface area contributed by atoms with Gasteiger partial charge in [0.2, 0.25) is 11.8 Å². The number of nitrogens with zero attached hydrogens (tertiary/aromatic N) is 4. The van der Waals surface area contributed by atoms with Gasteiger partial charge >= 0.3 is 0 Å². The molecule has 0 radical (unpaired) electrons. The molecular weight excluding hydrogens is 526 g/mol. The number of piperazine rings is 1. The number of benzene rings is 2. The number of carbonyl (C=O) groups excluding carboxylic acids is 2. The molecule has 2 atom stereocenters. The Kier molecular flexibility index (Phi) is 9.85. The molecule has 8 heteroatoms. The van der Waals surface area contributed by atoms with Gasteiger partial charge in [0.05, 0.1) is 0 Å². The van der Waals surface area contributed by atoms with Crippen molar-refractivity contribution in [1.29, 1.82) is 0 Å². The van der Waals surface area contributed by atoms with Gasteiger partial charge in [-0.2, -0.15) is 0 Å². The van der Waals surface area contributed by atoms with E-state index in [4.69, 9.17) is 10.5 Å². The van der Waals surface area contributed by atoms with Crippen LogP contribution < -0.4 is 10.6 Å². The Morgan fingerprint density at radius 2 is 1.74 bits per heavy atom. The van der Waals surface area contributed by atoms with Gasteiger partial charge < -0.3 is 29.7 Å². The third-order valence-electron chi connectivity index (χ3n) is 9.13. The first-order chi connectivity index (χ1) is 20.4. The smallest absolute Gasteiger partial charge is 0.224 e. The summed E-state index contributed by atoms with van der Waals surface area (Å²) in [4.78, 5) is 31.3. The molecule has 2 saturated heterocycles. The van der Waals surface area contributed by atoms with E-state index in [1.807, 2.05) is 4.90 Å². The third kappa shape index (κ3) is 6.81. The Morgan fingerprint density at radius 3 is 2.45 bits per heavy atom. The van der Waals surface area contributed by atoms with Gasteiger partial charge in [-0.15, -0.1) is 0 Å². The molecule has 2 aliphatic heterocycles. The molecule has 42 heavy (non-hydrogen) atoms. The zero-order valence-electron chi connectivity index (χ0n) is 25.6. The molecule has 2 aliphatic rings. The van der Waals surface area contributed by atoms with Crippen LogP contribution in [0.25, 0.3) is 10.9 Å². The molecule has 0 aliphatic carbocycles. The van der Waals surface area contributed by atoms with Gasteiger partial charge in [0.25, 0.3) is 0 Å². The lowest BCUT2D eigenvalue weighted by Gasteiger charge is -2.35. The highest BCUT2D eigenvalue weighted by molar-refractivity contribution is 5.85. The van der Waals surface area contributed by atoms with Crippen molar-refractivity contribution >= 4 is 28.4 Å². The number of piperidine rings is 1. The van der Waals surface area contributed by atoms with Crippen molar-refractivity contribution in [2.75, 3.05) is 57.9 Å². The predicted octanol–water partition coefficient (Wildman–Crippen LogP) is 4.32. The zero-order chi connectivity index (χ0) is 29.6. The van der Waals surface area contributed by atoms with E-state index in [9.17, 15) is 9.59 Å². The van der Waals surface area contributed by atoms with Gasteiger partial charge in [0, 0.05) is 107 Å². The van der Waals surface area contributed by atoms with Crippen molar-refractivity contribution in [2.24, 2.45) is 5.73 Å². The quantitative estimate of drug-likeness (QED) is 0.365. The van der Waals surface area contributed by atoms with Crippen molar-refractivity contribution in [3.8, 4) is 0 Å². The first-order valence-corrected chi connectivity index (χ1v) is 15.5. The molecule has 5 rings (SSSR count). The maximum atomic E-state index is 13.5. The van der Waals surface area contributed by atoms with E-state index in [1.165, 1.54) is 27.8 Å². The second kappa shape index (κ2) is 13.7. The average Bonchev–Trinajstić information content (AvgIpc) is 3.29. The second-order valence-electron chi connectivity index (χ2n) is 12.0. The van der Waals surface area contributed by atoms with E-state index in [0.29, 0.717) is 18.8 Å². The van der Waals surface area contributed by atoms with Gasteiger partial charge in [-0.05, 0) is 61.9 Å². The maximum Gasteiger partial charge on any atom is 0.224 e. The van der Waals surface area contributed by atoms with Crippen LogP contribution in [0.1, 0.15) is 55.3 Å². The first-order valence-electron chi connectivity index (χ1n) is 15.5. The molecule has 3 aromatic rings. The van der Waals surface area contributed by atoms with Gasteiger partial charge in [0.15, 0.2) is 0 Å². The van der Waals surface area contributed by atoms with E-state index < -0.39 is 0 Å². The number of nitrogens with two attached hydrogens (primary N) is 1. The number of para-hydroxylation sites is 1. The summed E-state index contributed by atoms with van der Waals surface area (Å²) in [5.74, 6) is 0.621. The summed E-state index contributed by atoms with van der Waals surface area (Å²) < 4.78 is 7.82. The number of methoxy groups -OCH3 is 1. The van der Waals surface area contributed by atoms with Crippen molar-refractivity contribution in [3.05, 3.63) is 65.4 Å². The van der Waals surface area contributed by atoms with E-state index in [2.05, 4.69) is 69.8 Å². The number of carbonyl (C=O) groups is 2. The molecule has 3 heterocycles. The zero-order valence-corrected chi connectivity index (χ0v) is 25.6. The van der Waals surface area contributed by atoms with E-state index in [-0.39, 0.29) is 17.9 Å². The molecular formula is C34H47N5O3. The van der Waals surface area contributed by atoms with Crippen LogP contribution >= 0.6 is 0 Å². The SMILES string of the molecule is COCCCn1c(C2CCCN(C(=O)CC(N)Cc3ccc(N4CCN(C(C)=O)CC4)cc3)C2)c(C)c2ccccc21. The van der Waals surface area contributed by atoms with Gasteiger partial charge in [-0.25, -0.2) is 0 Å². The van der Waals surface area contributed by atoms with E-state index >= 15 is 0 Å². The van der Waals surface area contributed by atoms with Crippen molar-refractivity contribution in [3.63, 3.8) is 0 Å². The van der Waals surface area contributed by atoms with Crippen LogP contribution in [0.3, 0.4) is 0 Å². The molecule has 0 saturated carbocycles. The molecule has 0 spiro atoms. The molecule has 8 nitrogen and oxygen atoms in total. The van der Waals surface area contributed by atoms with Crippen LogP contribution in [0.15, 0.2) is 48.5 Å². The maximum absolute atomic E-state index is 13.5. The summed E-state index contributed by atoms with van der Waals surface area (Å²) in [6, 6.07) is 17.0. The third-order valence-corrected chi connectivity index (χ3v) is 9.13. The highest BCUT2D eigenvalue weighted by Gasteiger charge is 2.30. The number of likely N-dealkylation sites (tertiary alicyclic amines) is 1. The lowest BCUT2D eigenvalue weighted by Crippen LogP contribution is -2.48. The second-order valence-corrected chi connectivity index (χ2v) is 12.0. The van der Waals surface area contributed by atoms with Crippen LogP contribution in [-0.4, -0.2) is 85.2 Å². The summed E-state index contributed by atoms with van der Waals surface area (Å²) in [6.07, 6.45) is 4.09. The Labute approximate surface area is 250 Å². The van der Waals surface area contributed by atoms with Gasteiger partial charge in [-0.3, -0.25) is 9.59 Å². The minimum absolute atomic E-state index is 0.143. The number of fused-ring (bicyclic) bond motifs is 1. The van der Waals surface area contributed by atoms with Crippen molar-refractivity contribution in [1.82, 2.24) is 14.4 Å².